The predicted molar refractivity (Wildman–Crippen MR) is 143 cm³/mol. The van der Waals surface area contributed by atoms with Crippen LogP contribution in [0.15, 0.2) is 47.5 Å². The number of thiophene rings is 2. The third-order valence-electron chi connectivity index (χ3n) is 5.09. The van der Waals surface area contributed by atoms with Gasteiger partial charge in [0.05, 0.1) is 15.6 Å². The van der Waals surface area contributed by atoms with Crippen LogP contribution in [0.3, 0.4) is 0 Å². The lowest BCUT2D eigenvalue weighted by Gasteiger charge is -2.02. The summed E-state index contributed by atoms with van der Waals surface area (Å²) in [5, 5.41) is 1.98. The molecule has 2 aromatic carbocycles. The Morgan fingerprint density at radius 2 is 1.63 bits per heavy atom. The van der Waals surface area contributed by atoms with Crippen molar-refractivity contribution in [1.82, 2.24) is 0 Å². The van der Waals surface area contributed by atoms with E-state index in [0.717, 1.165) is 44.8 Å². The molecule has 1 nitrogen and oxygen atoms in total. The zero-order chi connectivity index (χ0) is 24.8. The Kier molecular flexibility index (Phi) is 8.18. The topological polar surface area (TPSA) is 12.4 Å². The van der Waals surface area contributed by atoms with E-state index in [9.17, 15) is 13.2 Å². The van der Waals surface area contributed by atoms with Gasteiger partial charge in [-0.2, -0.15) is 4.99 Å². The number of rotatable bonds is 5. The van der Waals surface area contributed by atoms with Crippen molar-refractivity contribution in [3.63, 3.8) is 0 Å². The average molecular weight is 522 g/mol. The van der Waals surface area contributed by atoms with Crippen LogP contribution in [0.5, 0.6) is 0 Å². The second-order valence-corrected chi connectivity index (χ2v) is 10.00. The third kappa shape index (κ3) is 6.09. The third-order valence-corrected chi connectivity index (χ3v) is 7.44. The molecule has 0 atom stereocenters. The van der Waals surface area contributed by atoms with E-state index in [2.05, 4.69) is 47.8 Å². The molecule has 0 radical (unpaired) electrons. The maximum absolute atomic E-state index is 14.5. The minimum absolute atomic E-state index is 0.309. The number of hydrogen-bond donors (Lipinski definition) is 0. The van der Waals surface area contributed by atoms with Crippen LogP contribution in [0.1, 0.15) is 48.6 Å². The summed E-state index contributed by atoms with van der Waals surface area (Å²) in [6.45, 7) is 2.14. The molecule has 35 heavy (non-hydrogen) atoms. The number of nitrogens with zero attached hydrogens (tertiary/aromatic N) is 1. The van der Waals surface area contributed by atoms with Gasteiger partial charge in [-0.3, -0.25) is 0 Å². The number of benzene rings is 2. The molecule has 0 aliphatic rings. The van der Waals surface area contributed by atoms with Crippen LogP contribution in [0.25, 0.3) is 19.8 Å². The summed E-state index contributed by atoms with van der Waals surface area (Å²) >= 11 is 7.27. The van der Waals surface area contributed by atoms with Gasteiger partial charge >= 0.3 is 0 Å². The molecule has 0 saturated carbocycles. The lowest BCUT2D eigenvalue weighted by atomic mass is 10.1. The SMILES string of the molecule is CCCCCC#Cc1ccc(C#Cc2cc3sc(-c4cc(F)c(N=C=S)c(F)c4)cc3s2)c(F)c1. The average Bonchev–Trinajstić information content (AvgIpc) is 3.40. The van der Waals surface area contributed by atoms with Crippen molar-refractivity contribution < 1.29 is 13.2 Å². The highest BCUT2D eigenvalue weighted by Crippen LogP contribution is 2.39. The molecule has 0 bridgehead atoms. The van der Waals surface area contributed by atoms with Crippen molar-refractivity contribution in [2.24, 2.45) is 4.99 Å². The molecule has 0 amide bonds. The summed E-state index contributed by atoms with van der Waals surface area (Å²) in [4.78, 5) is 4.93. The molecule has 2 heterocycles. The molecule has 174 valence electrons. The lowest BCUT2D eigenvalue weighted by Crippen LogP contribution is -1.85. The first-order chi connectivity index (χ1) is 17.0. The second-order valence-electron chi connectivity index (χ2n) is 7.64. The van der Waals surface area contributed by atoms with E-state index in [1.165, 1.54) is 40.9 Å². The zero-order valence-corrected chi connectivity index (χ0v) is 21.1. The minimum Gasteiger partial charge on any atom is -0.206 e. The van der Waals surface area contributed by atoms with Gasteiger partial charge in [-0.25, -0.2) is 13.2 Å². The number of unbranched alkanes of at least 4 members (excludes halogenated alkanes) is 3. The number of fused-ring (bicyclic) bond motifs is 1. The van der Waals surface area contributed by atoms with Crippen molar-refractivity contribution in [3.05, 3.63) is 75.9 Å². The monoisotopic (exact) mass is 521 g/mol. The molecular weight excluding hydrogens is 504 g/mol. The Hall–Kier alpha value is -3.19. The molecule has 0 saturated heterocycles. The van der Waals surface area contributed by atoms with Gasteiger partial charge in [-0.15, -0.1) is 22.7 Å². The van der Waals surface area contributed by atoms with Gasteiger partial charge in [0.25, 0.3) is 0 Å². The van der Waals surface area contributed by atoms with Crippen LogP contribution in [-0.2, 0) is 0 Å². The van der Waals surface area contributed by atoms with E-state index in [1.807, 2.05) is 17.3 Å². The fourth-order valence-electron chi connectivity index (χ4n) is 3.35. The Bertz CT molecular complexity index is 1510. The highest BCUT2D eigenvalue weighted by molar-refractivity contribution is 7.78. The minimum atomic E-state index is -0.795. The molecular formula is C28H18F3NS3. The van der Waals surface area contributed by atoms with Crippen LogP contribution < -0.4 is 0 Å². The normalized spacial score (nSPS) is 10.3. The van der Waals surface area contributed by atoms with Gasteiger partial charge in [-0.05, 0) is 66.7 Å². The van der Waals surface area contributed by atoms with E-state index >= 15 is 0 Å². The van der Waals surface area contributed by atoms with Gasteiger partial charge in [0.2, 0.25) is 0 Å². The van der Waals surface area contributed by atoms with E-state index in [4.69, 9.17) is 0 Å². The summed E-state index contributed by atoms with van der Waals surface area (Å²) in [7, 11) is 0. The maximum Gasteiger partial charge on any atom is 0.153 e. The van der Waals surface area contributed by atoms with Crippen molar-refractivity contribution in [2.45, 2.75) is 32.6 Å². The fraction of sp³-hybridized carbons (Fsp3) is 0.179. The number of hydrogen-bond acceptors (Lipinski definition) is 4. The molecule has 4 aromatic rings. The summed E-state index contributed by atoms with van der Waals surface area (Å²) in [6, 6.07) is 11.1. The largest absolute Gasteiger partial charge is 0.206 e. The second kappa shape index (κ2) is 11.5. The Morgan fingerprint density at radius 3 is 2.31 bits per heavy atom. The number of isothiocyanates is 1. The first-order valence-electron chi connectivity index (χ1n) is 10.9. The summed E-state index contributed by atoms with van der Waals surface area (Å²) in [6.07, 6.45) is 4.16. The predicted octanol–water partition coefficient (Wildman–Crippen LogP) is 9.11. The molecule has 0 aliphatic heterocycles. The summed E-state index contributed by atoms with van der Waals surface area (Å²) in [5.41, 5.74) is 0.923. The Balaban J connectivity index is 1.51. The van der Waals surface area contributed by atoms with Crippen LogP contribution >= 0.6 is 34.9 Å². The van der Waals surface area contributed by atoms with Crippen LogP contribution in [0, 0.1) is 41.1 Å². The highest BCUT2D eigenvalue weighted by atomic mass is 32.1. The van der Waals surface area contributed by atoms with Crippen molar-refractivity contribution in [2.75, 3.05) is 0 Å². The zero-order valence-electron chi connectivity index (χ0n) is 18.7. The van der Waals surface area contributed by atoms with E-state index in [-0.39, 0.29) is 0 Å². The van der Waals surface area contributed by atoms with Gasteiger partial charge in [0.1, 0.15) is 11.5 Å². The Labute approximate surface area is 215 Å². The maximum atomic E-state index is 14.5. The standard InChI is InChI=1S/C28H18F3NS3/c1-2-3-4-5-6-7-18-8-9-19(22(29)12-18)10-11-21-15-26-27(34-21)16-25(35-26)20-13-23(30)28(32-17-33)24(31)14-20/h8-9,12-16H,2-5H2,1H3. The van der Waals surface area contributed by atoms with Gasteiger partial charge < -0.3 is 0 Å². The van der Waals surface area contributed by atoms with E-state index in [0.29, 0.717) is 16.7 Å². The van der Waals surface area contributed by atoms with Crippen molar-refractivity contribution in [3.8, 4) is 34.1 Å². The molecule has 0 aliphatic carbocycles. The lowest BCUT2D eigenvalue weighted by molar-refractivity contribution is 0.588. The van der Waals surface area contributed by atoms with Gasteiger partial charge in [0.15, 0.2) is 11.6 Å². The van der Waals surface area contributed by atoms with Crippen LogP contribution in [0.2, 0.25) is 0 Å². The van der Waals surface area contributed by atoms with Crippen LogP contribution in [-0.4, -0.2) is 5.16 Å². The van der Waals surface area contributed by atoms with Crippen LogP contribution in [0.4, 0.5) is 18.9 Å². The highest BCUT2D eigenvalue weighted by Gasteiger charge is 2.14. The number of thiocarbonyl (C=S) groups is 1. The van der Waals surface area contributed by atoms with Gasteiger partial charge in [0, 0.05) is 26.3 Å². The number of aliphatic imine (C=N–C) groups is 1. The number of halogens is 3. The molecule has 7 heteroatoms. The molecule has 2 aromatic heterocycles. The molecule has 0 N–H and O–H groups in total. The molecule has 0 unspecified atom stereocenters. The first-order valence-corrected chi connectivity index (χ1v) is 12.9. The Morgan fingerprint density at radius 1 is 0.857 bits per heavy atom. The summed E-state index contributed by atoms with van der Waals surface area (Å²) in [5.74, 6) is 9.99. The van der Waals surface area contributed by atoms with Crippen molar-refractivity contribution in [1.29, 1.82) is 0 Å². The van der Waals surface area contributed by atoms with Crippen molar-refractivity contribution >= 4 is 55.1 Å². The quantitative estimate of drug-likeness (QED) is 0.110. The van der Waals surface area contributed by atoms with E-state index in [1.54, 1.807) is 12.1 Å². The van der Waals surface area contributed by atoms with Gasteiger partial charge in [-0.1, -0.05) is 43.4 Å². The van der Waals surface area contributed by atoms with E-state index < -0.39 is 23.1 Å². The molecule has 0 fully saturated rings. The summed E-state index contributed by atoms with van der Waals surface area (Å²) < 4.78 is 44.7. The first kappa shape index (κ1) is 24.9. The smallest absolute Gasteiger partial charge is 0.153 e. The fourth-order valence-corrected chi connectivity index (χ4v) is 5.68. The molecule has 4 rings (SSSR count). The molecule has 0 spiro atoms.